The lowest BCUT2D eigenvalue weighted by Gasteiger charge is -2.33. The van der Waals surface area contributed by atoms with Crippen molar-refractivity contribution in [3.05, 3.63) is 28.8 Å². The number of aromatic nitrogens is 1. The standard InChI is InChI=1S/C17H18F3N3O3S/c1-10(24)23-6-7-26-12(8-23)13-11-4-3-5-21-15(11)27-14(13)16(25)22(2)9-17(18,19)20/h3-5,12H,6-9H2,1-2H3/t12-/m0/s1. The number of alkyl halides is 3. The summed E-state index contributed by atoms with van der Waals surface area (Å²) in [6, 6.07) is 3.45. The Hall–Kier alpha value is -2.20. The van der Waals surface area contributed by atoms with Crippen LogP contribution < -0.4 is 0 Å². The highest BCUT2D eigenvalue weighted by Crippen LogP contribution is 2.38. The fourth-order valence-corrected chi connectivity index (χ4v) is 4.24. The van der Waals surface area contributed by atoms with Crippen molar-refractivity contribution in [2.45, 2.75) is 19.2 Å². The minimum absolute atomic E-state index is 0.122. The van der Waals surface area contributed by atoms with Crippen molar-refractivity contribution in [1.29, 1.82) is 0 Å². The fourth-order valence-electron chi connectivity index (χ4n) is 3.05. The predicted molar refractivity (Wildman–Crippen MR) is 93.6 cm³/mol. The first kappa shape index (κ1) is 19.6. The van der Waals surface area contributed by atoms with Crippen molar-refractivity contribution >= 4 is 33.4 Å². The number of nitrogens with zero attached hydrogens (tertiary/aromatic N) is 3. The first-order valence-electron chi connectivity index (χ1n) is 8.24. The Morgan fingerprint density at radius 3 is 2.85 bits per heavy atom. The maximum Gasteiger partial charge on any atom is 0.406 e. The first-order valence-corrected chi connectivity index (χ1v) is 9.06. The summed E-state index contributed by atoms with van der Waals surface area (Å²) in [5.41, 5.74) is 0.494. The van der Waals surface area contributed by atoms with E-state index in [1.165, 1.54) is 6.92 Å². The van der Waals surface area contributed by atoms with Gasteiger partial charge in [0.05, 0.1) is 13.2 Å². The molecule has 146 valence electrons. The van der Waals surface area contributed by atoms with Gasteiger partial charge in [0, 0.05) is 37.7 Å². The number of thiophene rings is 1. The van der Waals surface area contributed by atoms with Crippen molar-refractivity contribution in [2.24, 2.45) is 0 Å². The highest BCUT2D eigenvalue weighted by Gasteiger charge is 2.35. The van der Waals surface area contributed by atoms with E-state index in [9.17, 15) is 22.8 Å². The Morgan fingerprint density at radius 2 is 2.19 bits per heavy atom. The third kappa shape index (κ3) is 4.22. The molecular formula is C17H18F3N3O3S. The molecule has 1 aliphatic rings. The molecule has 0 saturated carbocycles. The SMILES string of the molecule is CC(=O)N1CCO[C@H](c2c(C(=O)N(C)CC(F)(F)F)sc3ncccc23)C1. The zero-order chi connectivity index (χ0) is 19.8. The highest BCUT2D eigenvalue weighted by atomic mass is 32.1. The van der Waals surface area contributed by atoms with Gasteiger partial charge < -0.3 is 14.5 Å². The lowest BCUT2D eigenvalue weighted by Crippen LogP contribution is -2.41. The van der Waals surface area contributed by atoms with Crippen LogP contribution in [0.25, 0.3) is 10.2 Å². The van der Waals surface area contributed by atoms with Gasteiger partial charge in [0.2, 0.25) is 5.91 Å². The second-order valence-electron chi connectivity index (χ2n) is 6.30. The number of pyridine rings is 1. The molecule has 0 unspecified atom stereocenters. The number of hydrogen-bond acceptors (Lipinski definition) is 5. The highest BCUT2D eigenvalue weighted by molar-refractivity contribution is 7.20. The summed E-state index contributed by atoms with van der Waals surface area (Å²) in [5.74, 6) is -0.864. The van der Waals surface area contributed by atoms with Crippen LogP contribution in [-0.2, 0) is 9.53 Å². The van der Waals surface area contributed by atoms with E-state index in [-0.39, 0.29) is 23.9 Å². The third-order valence-electron chi connectivity index (χ3n) is 4.30. The van der Waals surface area contributed by atoms with E-state index in [2.05, 4.69) is 4.98 Å². The van der Waals surface area contributed by atoms with Crippen LogP contribution in [0, 0.1) is 0 Å². The molecule has 1 fully saturated rings. The number of morpholine rings is 1. The second kappa shape index (κ2) is 7.43. The van der Waals surface area contributed by atoms with Gasteiger partial charge in [-0.05, 0) is 6.07 Å². The van der Waals surface area contributed by atoms with Gasteiger partial charge in [-0.2, -0.15) is 13.2 Å². The smallest absolute Gasteiger partial charge is 0.370 e. The number of ether oxygens (including phenoxy) is 1. The summed E-state index contributed by atoms with van der Waals surface area (Å²) < 4.78 is 43.9. The minimum Gasteiger partial charge on any atom is -0.370 e. The zero-order valence-corrected chi connectivity index (χ0v) is 15.6. The molecular weight excluding hydrogens is 383 g/mol. The van der Waals surface area contributed by atoms with Crippen molar-refractivity contribution in [3.8, 4) is 0 Å². The van der Waals surface area contributed by atoms with Gasteiger partial charge in [-0.1, -0.05) is 6.07 Å². The molecule has 1 atom stereocenters. The van der Waals surface area contributed by atoms with Crippen LogP contribution in [-0.4, -0.2) is 66.1 Å². The molecule has 0 spiro atoms. The second-order valence-corrected chi connectivity index (χ2v) is 7.30. The van der Waals surface area contributed by atoms with Gasteiger partial charge >= 0.3 is 6.18 Å². The van der Waals surface area contributed by atoms with Gasteiger partial charge in [-0.25, -0.2) is 4.98 Å². The van der Waals surface area contributed by atoms with Gasteiger partial charge in [-0.3, -0.25) is 9.59 Å². The summed E-state index contributed by atoms with van der Waals surface area (Å²) in [4.78, 5) is 31.6. The van der Waals surface area contributed by atoms with Gasteiger partial charge in [0.25, 0.3) is 5.91 Å². The average Bonchev–Trinajstić information content (AvgIpc) is 2.99. The van der Waals surface area contributed by atoms with Crippen LogP contribution >= 0.6 is 11.3 Å². The molecule has 0 aromatic carbocycles. The number of amides is 2. The first-order chi connectivity index (χ1) is 12.7. The normalized spacial score (nSPS) is 18.0. The molecule has 0 radical (unpaired) electrons. The Kier molecular flexibility index (Phi) is 5.38. The van der Waals surface area contributed by atoms with E-state index in [1.54, 1.807) is 23.2 Å². The Labute approximate surface area is 157 Å². The number of halogens is 3. The average molecular weight is 401 g/mol. The Balaban J connectivity index is 2.02. The number of rotatable bonds is 3. The topological polar surface area (TPSA) is 62.7 Å². The molecule has 1 saturated heterocycles. The summed E-state index contributed by atoms with van der Waals surface area (Å²) in [7, 11) is 1.11. The molecule has 0 N–H and O–H groups in total. The van der Waals surface area contributed by atoms with Crippen LogP contribution in [0.15, 0.2) is 18.3 Å². The van der Waals surface area contributed by atoms with Gasteiger partial charge in [0.1, 0.15) is 22.4 Å². The van der Waals surface area contributed by atoms with Gasteiger partial charge in [0.15, 0.2) is 0 Å². The number of hydrogen-bond donors (Lipinski definition) is 0. The summed E-state index contributed by atoms with van der Waals surface area (Å²) >= 11 is 1.04. The molecule has 0 bridgehead atoms. The van der Waals surface area contributed by atoms with Crippen molar-refractivity contribution in [2.75, 3.05) is 33.3 Å². The lowest BCUT2D eigenvalue weighted by atomic mass is 10.0. The van der Waals surface area contributed by atoms with Crippen LogP contribution in [0.1, 0.15) is 28.3 Å². The molecule has 2 amide bonds. The third-order valence-corrected chi connectivity index (χ3v) is 5.41. The van der Waals surface area contributed by atoms with Crippen LogP contribution in [0.2, 0.25) is 0 Å². The zero-order valence-electron chi connectivity index (χ0n) is 14.7. The summed E-state index contributed by atoms with van der Waals surface area (Å²) in [5, 5.41) is 0.654. The minimum atomic E-state index is -4.49. The molecule has 10 heteroatoms. The molecule has 6 nitrogen and oxygen atoms in total. The summed E-state index contributed by atoms with van der Waals surface area (Å²) in [6.45, 7) is 1.05. The molecule has 27 heavy (non-hydrogen) atoms. The Bertz CT molecular complexity index is 868. The number of fused-ring (bicyclic) bond motifs is 1. The van der Waals surface area contributed by atoms with E-state index in [4.69, 9.17) is 4.74 Å². The largest absolute Gasteiger partial charge is 0.406 e. The molecule has 0 aliphatic carbocycles. The summed E-state index contributed by atoms with van der Waals surface area (Å²) in [6.07, 6.45) is -3.54. The predicted octanol–water partition coefficient (Wildman–Crippen LogP) is 2.85. The van der Waals surface area contributed by atoms with Crippen LogP contribution in [0.5, 0.6) is 0 Å². The molecule has 3 heterocycles. The van der Waals surface area contributed by atoms with E-state index < -0.39 is 24.7 Å². The monoisotopic (exact) mass is 401 g/mol. The molecule has 2 aromatic heterocycles. The molecule has 2 aromatic rings. The molecule has 1 aliphatic heterocycles. The fraction of sp³-hybridized carbons (Fsp3) is 0.471. The van der Waals surface area contributed by atoms with Gasteiger partial charge in [-0.15, -0.1) is 11.3 Å². The number of carbonyl (C=O) groups excluding carboxylic acids is 2. The quantitative estimate of drug-likeness (QED) is 0.794. The van der Waals surface area contributed by atoms with E-state index >= 15 is 0 Å². The van der Waals surface area contributed by atoms with E-state index in [0.29, 0.717) is 27.2 Å². The van der Waals surface area contributed by atoms with E-state index in [0.717, 1.165) is 18.4 Å². The number of carbonyl (C=O) groups is 2. The van der Waals surface area contributed by atoms with E-state index in [1.807, 2.05) is 0 Å². The Morgan fingerprint density at radius 1 is 1.44 bits per heavy atom. The maximum absolute atomic E-state index is 12.7. The maximum atomic E-state index is 12.7. The van der Waals surface area contributed by atoms with Crippen molar-refractivity contribution in [1.82, 2.24) is 14.8 Å². The molecule has 3 rings (SSSR count). The lowest BCUT2D eigenvalue weighted by molar-refractivity contribution is -0.138. The van der Waals surface area contributed by atoms with Crippen LogP contribution in [0.4, 0.5) is 13.2 Å². The van der Waals surface area contributed by atoms with Crippen LogP contribution in [0.3, 0.4) is 0 Å². The van der Waals surface area contributed by atoms with Crippen molar-refractivity contribution in [3.63, 3.8) is 0 Å². The van der Waals surface area contributed by atoms with Crippen molar-refractivity contribution < 1.29 is 27.5 Å².